The predicted octanol–water partition coefficient (Wildman–Crippen LogP) is 2.06. The summed E-state index contributed by atoms with van der Waals surface area (Å²) in [7, 11) is 14.7. The van der Waals surface area contributed by atoms with E-state index in [0.29, 0.717) is 0 Å². The zero-order valence-electron chi connectivity index (χ0n) is 1.84. The van der Waals surface area contributed by atoms with E-state index in [2.05, 4.69) is 0 Å². The molecule has 0 nitrogen and oxygen atoms in total. The quantitative estimate of drug-likeness (QED) is 0.546. The Morgan fingerprint density at radius 2 is 1.00 bits per heavy atom. The van der Waals surface area contributed by atoms with Crippen molar-refractivity contribution in [1.82, 2.24) is 0 Å². The Kier molecular flexibility index (Phi) is 11.8. The number of hydrogen-bond donors (Lipinski definition) is 0. The molecule has 0 bridgehead atoms. The minimum absolute atomic E-state index is 0. The second-order valence-corrected chi connectivity index (χ2v) is 5.62. The Morgan fingerprint density at radius 1 is 1.00 bits per heavy atom. The largest absolute Gasteiger partial charge is 0 e. The van der Waals surface area contributed by atoms with Crippen LogP contribution in [0.15, 0.2) is 0 Å². The van der Waals surface area contributed by atoms with Gasteiger partial charge in [0, 0.05) is 17.1 Å². The molecule has 0 saturated carbocycles. The molecule has 0 aliphatic heterocycles. The van der Waals surface area contributed by atoms with Gasteiger partial charge in [0.25, 0.3) is 0 Å². The van der Waals surface area contributed by atoms with E-state index in [4.69, 9.17) is 30.3 Å². The van der Waals surface area contributed by atoms with Gasteiger partial charge in [-0.15, -0.1) is 0 Å². The molecule has 0 fully saturated rings. The van der Waals surface area contributed by atoms with Gasteiger partial charge < -0.3 is 0 Å². The van der Waals surface area contributed by atoms with Crippen LogP contribution in [-0.4, -0.2) is 0 Å². The molecule has 5 heteroatoms. The molecule has 0 aromatic heterocycles. The first kappa shape index (κ1) is 10.0. The average Bonchev–Trinajstić information content (AvgIpc) is 0.811. The van der Waals surface area contributed by atoms with E-state index in [1.54, 1.807) is 0 Å². The summed E-state index contributed by atoms with van der Waals surface area (Å²) in [6.07, 6.45) is 0. The summed E-state index contributed by atoms with van der Waals surface area (Å²) in [6, 6.07) is 0. The van der Waals surface area contributed by atoms with Crippen molar-refractivity contribution in [1.29, 1.82) is 0 Å². The van der Waals surface area contributed by atoms with Gasteiger partial charge in [-0.3, -0.25) is 0 Å². The molecular weight excluding hydrogens is 218 g/mol. The first-order valence-electron chi connectivity index (χ1n) is 0.401. The third kappa shape index (κ3) is 24.8. The van der Waals surface area contributed by atoms with Gasteiger partial charge >= 0.3 is 41.5 Å². The van der Waals surface area contributed by atoms with Crippen LogP contribution < -0.4 is 0 Å². The summed E-state index contributed by atoms with van der Waals surface area (Å²) in [5.41, 5.74) is 0. The molecule has 0 amide bonds. The van der Waals surface area contributed by atoms with Crippen LogP contribution in [-0.2, 0) is 28.2 Å². The molecule has 0 aromatic rings. The SMILES string of the molecule is [Cl][Fe]([Cl])[Cl].[Fe]. The Hall–Kier alpha value is 1.91. The van der Waals surface area contributed by atoms with Gasteiger partial charge in [-0.05, 0) is 0 Å². The minimum Gasteiger partial charge on any atom is 0 e. The van der Waals surface area contributed by atoms with E-state index in [-0.39, 0.29) is 17.1 Å². The summed E-state index contributed by atoms with van der Waals surface area (Å²) >= 11 is -1.33. The molecule has 0 N–H and O–H groups in total. The van der Waals surface area contributed by atoms with Gasteiger partial charge in [-0.2, -0.15) is 0 Å². The molecule has 0 saturated heterocycles. The number of hydrogen-bond acceptors (Lipinski definition) is 0. The van der Waals surface area contributed by atoms with Crippen LogP contribution in [0.5, 0.6) is 0 Å². The van der Waals surface area contributed by atoms with Crippen molar-refractivity contribution < 1.29 is 28.2 Å². The second-order valence-electron chi connectivity index (χ2n) is 0.152. The minimum atomic E-state index is -1.33. The fourth-order valence-corrected chi connectivity index (χ4v) is 0. The normalized spacial score (nSPS) is 9.00. The molecule has 0 aliphatic carbocycles. The molecular formula is Cl3Fe2. The summed E-state index contributed by atoms with van der Waals surface area (Å²) < 4.78 is 0. The van der Waals surface area contributed by atoms with E-state index in [1.165, 1.54) is 0 Å². The van der Waals surface area contributed by atoms with Gasteiger partial charge in [0.15, 0.2) is 0 Å². The average molecular weight is 218 g/mol. The molecule has 5 heavy (non-hydrogen) atoms. The zero-order chi connectivity index (χ0) is 3.58. The molecule has 0 unspecified atom stereocenters. The van der Waals surface area contributed by atoms with E-state index in [1.807, 2.05) is 0 Å². The third-order valence-electron chi connectivity index (χ3n) is 0. The van der Waals surface area contributed by atoms with Crippen molar-refractivity contribution >= 4 is 30.3 Å². The molecule has 0 atom stereocenters. The number of rotatable bonds is 0. The van der Waals surface area contributed by atoms with Crippen molar-refractivity contribution in [3.05, 3.63) is 0 Å². The maximum absolute atomic E-state index is 4.89. The van der Waals surface area contributed by atoms with Crippen molar-refractivity contribution in [2.45, 2.75) is 0 Å². The maximum Gasteiger partial charge on any atom is 0 e. The Balaban J connectivity index is 0. The molecule has 0 radical (unpaired) electrons. The topological polar surface area (TPSA) is 0 Å². The first-order valence-corrected chi connectivity index (χ1v) is 4.96. The Labute approximate surface area is 58.2 Å². The van der Waals surface area contributed by atoms with Crippen LogP contribution in [0.2, 0.25) is 0 Å². The Bertz CT molecular complexity index is 9.61. The van der Waals surface area contributed by atoms with Crippen molar-refractivity contribution in [3.8, 4) is 0 Å². The van der Waals surface area contributed by atoms with Crippen molar-refractivity contribution in [2.75, 3.05) is 0 Å². The second kappa shape index (κ2) is 5.91. The maximum atomic E-state index is 4.89. The molecule has 0 rings (SSSR count). The summed E-state index contributed by atoms with van der Waals surface area (Å²) in [5, 5.41) is 0. The summed E-state index contributed by atoms with van der Waals surface area (Å²) in [5.74, 6) is 0. The van der Waals surface area contributed by atoms with Crippen LogP contribution >= 0.6 is 30.3 Å². The van der Waals surface area contributed by atoms with Crippen LogP contribution in [0.1, 0.15) is 0 Å². The fourth-order valence-electron chi connectivity index (χ4n) is 0. The zero-order valence-corrected chi connectivity index (χ0v) is 6.32. The van der Waals surface area contributed by atoms with Crippen LogP contribution in [0, 0.1) is 0 Å². The van der Waals surface area contributed by atoms with E-state index < -0.39 is 11.2 Å². The van der Waals surface area contributed by atoms with Crippen LogP contribution in [0.3, 0.4) is 0 Å². The van der Waals surface area contributed by atoms with Crippen molar-refractivity contribution in [3.63, 3.8) is 0 Å². The number of halogens is 3. The van der Waals surface area contributed by atoms with Gasteiger partial charge in [0.2, 0.25) is 0 Å². The van der Waals surface area contributed by atoms with Crippen LogP contribution in [0.4, 0.5) is 0 Å². The van der Waals surface area contributed by atoms with E-state index >= 15 is 0 Å². The smallest absolute Gasteiger partial charge is 0 e. The Morgan fingerprint density at radius 3 is 1.00 bits per heavy atom. The summed E-state index contributed by atoms with van der Waals surface area (Å²) in [4.78, 5) is 0. The molecule has 0 spiro atoms. The predicted molar refractivity (Wildman–Crippen MR) is 17.6 cm³/mol. The van der Waals surface area contributed by atoms with Gasteiger partial charge in [-0.1, -0.05) is 0 Å². The van der Waals surface area contributed by atoms with Crippen molar-refractivity contribution in [2.24, 2.45) is 0 Å². The molecule has 0 aromatic carbocycles. The standard InChI is InChI=1S/3ClH.2Fe/h3*1H;;/q;;;;+3/p-3. The van der Waals surface area contributed by atoms with Gasteiger partial charge in [-0.25, -0.2) is 0 Å². The summed E-state index contributed by atoms with van der Waals surface area (Å²) in [6.45, 7) is 0. The third-order valence-corrected chi connectivity index (χ3v) is 0. The van der Waals surface area contributed by atoms with Gasteiger partial charge in [0.1, 0.15) is 0 Å². The van der Waals surface area contributed by atoms with E-state index in [0.717, 1.165) is 0 Å². The van der Waals surface area contributed by atoms with E-state index in [9.17, 15) is 0 Å². The first-order chi connectivity index (χ1) is 1.73. The van der Waals surface area contributed by atoms with Gasteiger partial charge in [0.05, 0.1) is 0 Å². The molecule has 0 heterocycles. The monoisotopic (exact) mass is 217 g/mol. The molecule has 37 valence electrons. The van der Waals surface area contributed by atoms with Crippen LogP contribution in [0.25, 0.3) is 0 Å². The molecule has 0 aliphatic rings. The fraction of sp³-hybridized carbons (Fsp3) is 0.